The molecule has 3 rings (SSSR count). The number of aryl methyl sites for hydroxylation is 1. The number of hydrogen-bond acceptors (Lipinski definition) is 3. The average molecular weight is 389 g/mol. The number of carbonyl (C=O) groups is 2. The summed E-state index contributed by atoms with van der Waals surface area (Å²) >= 11 is 0. The number of aromatic nitrogens is 1. The molecule has 5 nitrogen and oxygen atoms in total. The first-order valence-electron chi connectivity index (χ1n) is 8.73. The second-order valence-electron chi connectivity index (χ2n) is 6.18. The third-order valence-electron chi connectivity index (χ3n) is 4.10. The van der Waals surface area contributed by atoms with Gasteiger partial charge in [0.2, 0.25) is 5.91 Å². The van der Waals surface area contributed by atoms with Crippen molar-refractivity contribution in [2.45, 2.75) is 6.92 Å². The second kappa shape index (κ2) is 9.07. The molecule has 0 spiro atoms. The zero-order valence-corrected chi connectivity index (χ0v) is 16.4. The van der Waals surface area contributed by atoms with Crippen molar-refractivity contribution >= 4 is 37.8 Å². The van der Waals surface area contributed by atoms with Crippen LogP contribution in [0.1, 0.15) is 15.9 Å². The normalized spacial score (nSPS) is 10.5. The van der Waals surface area contributed by atoms with Crippen molar-refractivity contribution in [3.05, 3.63) is 77.9 Å². The predicted octanol–water partition coefficient (Wildman–Crippen LogP) is 4.63. The lowest BCUT2D eigenvalue weighted by molar-refractivity contribution is -0.113. The maximum Gasteiger partial charge on any atom is 0.255 e. The third kappa shape index (κ3) is 4.90. The lowest BCUT2D eigenvalue weighted by Crippen LogP contribution is -2.13. The highest BCUT2D eigenvalue weighted by atomic mass is 31.1. The Balaban J connectivity index is 1.72. The van der Waals surface area contributed by atoms with E-state index in [9.17, 15) is 9.59 Å². The monoisotopic (exact) mass is 389 g/mol. The lowest BCUT2D eigenvalue weighted by atomic mass is 10.1. The summed E-state index contributed by atoms with van der Waals surface area (Å²) in [5, 5.41) is 5.67. The maximum absolute atomic E-state index is 12.4. The summed E-state index contributed by atoms with van der Waals surface area (Å²) in [6.07, 6.45) is 3.98. The van der Waals surface area contributed by atoms with Crippen LogP contribution in [0.4, 0.5) is 11.5 Å². The molecule has 0 unspecified atom stereocenters. The number of anilines is 2. The van der Waals surface area contributed by atoms with Crippen LogP contribution in [0.15, 0.2) is 66.7 Å². The van der Waals surface area contributed by atoms with Crippen molar-refractivity contribution in [3.63, 3.8) is 0 Å². The molecular formula is C22H20N3O2P. The Morgan fingerprint density at radius 1 is 0.964 bits per heavy atom. The average Bonchev–Trinajstić information content (AvgIpc) is 2.69. The van der Waals surface area contributed by atoms with Gasteiger partial charge in [-0.25, -0.2) is 4.98 Å². The fourth-order valence-electron chi connectivity index (χ4n) is 2.70. The third-order valence-corrected chi connectivity index (χ3v) is 4.61. The standard InChI is InChI=1S/C22H20N3O2P/c1-15-6-3-4-7-18(15)22(27)23-17-12-10-16(11-13-17)19-8-5-9-20(24-19)25-21(26)14-28-2/h3-13H,2,14H2,1H3,(H,23,27)(H,24,25,26). The summed E-state index contributed by atoms with van der Waals surface area (Å²) in [6, 6.07) is 20.4. The zero-order valence-electron chi connectivity index (χ0n) is 15.5. The molecule has 0 aliphatic heterocycles. The first-order valence-corrected chi connectivity index (χ1v) is 10.00. The van der Waals surface area contributed by atoms with Gasteiger partial charge in [0.05, 0.1) is 11.9 Å². The number of rotatable bonds is 6. The molecule has 0 atom stereocenters. The first kappa shape index (κ1) is 19.5. The smallest absolute Gasteiger partial charge is 0.255 e. The highest BCUT2D eigenvalue weighted by Crippen LogP contribution is 2.22. The predicted molar refractivity (Wildman–Crippen MR) is 116 cm³/mol. The van der Waals surface area contributed by atoms with Crippen molar-refractivity contribution in [3.8, 4) is 11.3 Å². The molecule has 140 valence electrons. The molecule has 0 radical (unpaired) electrons. The van der Waals surface area contributed by atoms with Crippen LogP contribution in [-0.2, 0) is 4.79 Å². The second-order valence-corrected chi connectivity index (χ2v) is 6.95. The largest absolute Gasteiger partial charge is 0.322 e. The Morgan fingerprint density at radius 2 is 1.71 bits per heavy atom. The number of nitrogens with zero attached hydrogens (tertiary/aromatic N) is 1. The number of nitrogens with one attached hydrogen (secondary N) is 2. The van der Waals surface area contributed by atoms with E-state index in [1.54, 1.807) is 12.1 Å². The molecule has 0 bridgehead atoms. The molecule has 2 aromatic carbocycles. The van der Waals surface area contributed by atoms with Gasteiger partial charge in [-0.1, -0.05) is 42.7 Å². The Kier molecular flexibility index (Phi) is 6.30. The van der Waals surface area contributed by atoms with Crippen LogP contribution in [0, 0.1) is 6.92 Å². The van der Waals surface area contributed by atoms with E-state index in [1.165, 1.54) is 0 Å². The number of amides is 2. The number of carbonyl (C=O) groups excluding carboxylic acids is 2. The summed E-state index contributed by atoms with van der Waals surface area (Å²) in [5.41, 5.74) is 3.91. The fraction of sp³-hybridized carbons (Fsp3) is 0.0909. The van der Waals surface area contributed by atoms with E-state index in [0.717, 1.165) is 25.0 Å². The summed E-state index contributed by atoms with van der Waals surface area (Å²) in [7, 11) is 0.766. The van der Waals surface area contributed by atoms with Gasteiger partial charge in [-0.15, -0.1) is 8.20 Å². The van der Waals surface area contributed by atoms with E-state index in [4.69, 9.17) is 0 Å². The van der Waals surface area contributed by atoms with Crippen LogP contribution in [-0.4, -0.2) is 29.3 Å². The Bertz CT molecular complexity index is 1020. The molecular weight excluding hydrogens is 369 g/mol. The summed E-state index contributed by atoms with van der Waals surface area (Å²) < 4.78 is 0. The molecule has 0 aliphatic carbocycles. The van der Waals surface area contributed by atoms with Gasteiger partial charge in [0.25, 0.3) is 5.91 Å². The highest BCUT2D eigenvalue weighted by Gasteiger charge is 2.09. The van der Waals surface area contributed by atoms with Crippen LogP contribution in [0.5, 0.6) is 0 Å². The Hall–Kier alpha value is -3.30. The van der Waals surface area contributed by atoms with Crippen LogP contribution in [0.3, 0.4) is 0 Å². The van der Waals surface area contributed by atoms with E-state index in [1.807, 2.05) is 61.5 Å². The van der Waals surface area contributed by atoms with Gasteiger partial charge in [0.15, 0.2) is 0 Å². The van der Waals surface area contributed by atoms with Gasteiger partial charge in [-0.2, -0.15) is 0 Å². The van der Waals surface area contributed by atoms with E-state index in [-0.39, 0.29) is 11.8 Å². The van der Waals surface area contributed by atoms with Crippen molar-refractivity contribution in [2.75, 3.05) is 16.8 Å². The van der Waals surface area contributed by atoms with Crippen molar-refractivity contribution in [1.82, 2.24) is 4.98 Å². The van der Waals surface area contributed by atoms with Crippen LogP contribution >= 0.6 is 8.20 Å². The minimum absolute atomic E-state index is 0.115. The molecule has 0 saturated heterocycles. The highest BCUT2D eigenvalue weighted by molar-refractivity contribution is 7.37. The Labute approximate surface area is 165 Å². The van der Waals surface area contributed by atoms with Crippen molar-refractivity contribution in [2.24, 2.45) is 0 Å². The molecule has 0 aliphatic rings. The maximum atomic E-state index is 12.4. The molecule has 0 fully saturated rings. The van der Waals surface area contributed by atoms with Gasteiger partial charge >= 0.3 is 0 Å². The van der Waals surface area contributed by atoms with Gasteiger partial charge in [-0.05, 0) is 42.8 Å². The van der Waals surface area contributed by atoms with Gasteiger partial charge < -0.3 is 10.6 Å². The molecule has 6 heteroatoms. The summed E-state index contributed by atoms with van der Waals surface area (Å²) in [4.78, 5) is 28.6. The minimum atomic E-state index is -0.140. The van der Waals surface area contributed by atoms with Gasteiger partial charge in [-0.3, -0.25) is 9.59 Å². The Morgan fingerprint density at radius 3 is 2.43 bits per heavy atom. The number of pyridine rings is 1. The molecule has 2 N–H and O–H groups in total. The quantitative estimate of drug-likeness (QED) is 0.604. The topological polar surface area (TPSA) is 71.1 Å². The molecule has 3 aromatic rings. The SMILES string of the molecule is C=PCC(=O)Nc1cccc(-c2ccc(NC(=O)c3ccccc3C)cc2)n1. The first-order chi connectivity index (χ1) is 13.6. The summed E-state index contributed by atoms with van der Waals surface area (Å²) in [6.45, 7) is 1.91. The molecule has 2 amide bonds. The number of hydrogen-bond donors (Lipinski definition) is 2. The van der Waals surface area contributed by atoms with Crippen molar-refractivity contribution < 1.29 is 9.59 Å². The van der Waals surface area contributed by atoms with Gasteiger partial charge in [0, 0.05) is 16.8 Å². The zero-order chi connectivity index (χ0) is 19.9. The van der Waals surface area contributed by atoms with Crippen LogP contribution in [0.25, 0.3) is 11.3 Å². The number of benzene rings is 2. The lowest BCUT2D eigenvalue weighted by Gasteiger charge is -2.09. The molecule has 1 aromatic heterocycles. The summed E-state index contributed by atoms with van der Waals surface area (Å²) in [5.74, 6) is 0.247. The molecule has 1 heterocycles. The molecule has 28 heavy (non-hydrogen) atoms. The molecule has 0 saturated carbocycles. The van der Waals surface area contributed by atoms with E-state index in [0.29, 0.717) is 23.2 Å². The van der Waals surface area contributed by atoms with E-state index >= 15 is 0 Å². The van der Waals surface area contributed by atoms with Gasteiger partial charge in [0.1, 0.15) is 5.82 Å². The van der Waals surface area contributed by atoms with Crippen LogP contribution in [0.2, 0.25) is 0 Å². The van der Waals surface area contributed by atoms with Crippen LogP contribution < -0.4 is 10.6 Å². The van der Waals surface area contributed by atoms with Crippen molar-refractivity contribution in [1.29, 1.82) is 0 Å². The fourth-order valence-corrected chi connectivity index (χ4v) is 2.98. The van der Waals surface area contributed by atoms with E-state index in [2.05, 4.69) is 21.9 Å². The minimum Gasteiger partial charge on any atom is -0.322 e. The van der Waals surface area contributed by atoms with E-state index < -0.39 is 0 Å².